The van der Waals surface area contributed by atoms with Crippen LogP contribution in [0.5, 0.6) is 5.75 Å². The van der Waals surface area contributed by atoms with E-state index in [4.69, 9.17) is 9.15 Å². The van der Waals surface area contributed by atoms with Crippen LogP contribution < -0.4 is 4.74 Å². The summed E-state index contributed by atoms with van der Waals surface area (Å²) in [6, 6.07) is 2.71. The molecule has 0 amide bonds. The summed E-state index contributed by atoms with van der Waals surface area (Å²) >= 11 is 0. The first-order valence-electron chi connectivity index (χ1n) is 4.90. The van der Waals surface area contributed by atoms with Crippen molar-refractivity contribution < 1.29 is 14.1 Å². The highest BCUT2D eigenvalue weighted by Gasteiger charge is 2.14. The number of hydrogen-bond acceptors (Lipinski definition) is 6. The highest BCUT2D eigenvalue weighted by molar-refractivity contribution is 5.48. The molecule has 2 aromatic heterocycles. The lowest BCUT2D eigenvalue weighted by atomic mass is 10.4. The van der Waals surface area contributed by atoms with Crippen LogP contribution in [0.15, 0.2) is 28.9 Å². The van der Waals surface area contributed by atoms with E-state index in [2.05, 4.69) is 9.97 Å². The van der Waals surface area contributed by atoms with Crippen LogP contribution in [0.25, 0.3) is 11.6 Å². The van der Waals surface area contributed by atoms with Gasteiger partial charge < -0.3 is 9.15 Å². The quantitative estimate of drug-likeness (QED) is 0.594. The summed E-state index contributed by atoms with van der Waals surface area (Å²) in [4.78, 5) is 17.8. The fraction of sp³-hybridized carbons (Fsp3) is 0.200. The fourth-order valence-electron chi connectivity index (χ4n) is 1.23. The molecule has 7 heteroatoms. The molecule has 0 atom stereocenters. The highest BCUT2D eigenvalue weighted by atomic mass is 16.6. The molecule has 2 aromatic rings. The van der Waals surface area contributed by atoms with Gasteiger partial charge in [0.05, 0.1) is 25.1 Å². The van der Waals surface area contributed by atoms with E-state index >= 15 is 0 Å². The van der Waals surface area contributed by atoms with Gasteiger partial charge >= 0.3 is 5.88 Å². The van der Waals surface area contributed by atoms with E-state index in [1.807, 2.05) is 6.92 Å². The lowest BCUT2D eigenvalue weighted by Crippen LogP contribution is -1.94. The molecule has 0 spiro atoms. The average Bonchev–Trinajstić information content (AvgIpc) is 2.80. The van der Waals surface area contributed by atoms with Gasteiger partial charge in [-0.2, -0.15) is 0 Å². The fourth-order valence-corrected chi connectivity index (χ4v) is 1.23. The maximum Gasteiger partial charge on any atom is 0.433 e. The predicted molar refractivity (Wildman–Crippen MR) is 57.6 cm³/mol. The van der Waals surface area contributed by atoms with E-state index in [1.54, 1.807) is 0 Å². The van der Waals surface area contributed by atoms with Crippen LogP contribution in [-0.2, 0) is 0 Å². The molecule has 0 aliphatic heterocycles. The zero-order chi connectivity index (χ0) is 12.3. The summed E-state index contributed by atoms with van der Waals surface area (Å²) in [5.74, 6) is 0.732. The zero-order valence-corrected chi connectivity index (χ0v) is 8.99. The minimum absolute atomic E-state index is 0.250. The van der Waals surface area contributed by atoms with Gasteiger partial charge in [-0.1, -0.05) is 0 Å². The normalized spacial score (nSPS) is 10.2. The van der Waals surface area contributed by atoms with Gasteiger partial charge in [0.15, 0.2) is 17.3 Å². The van der Waals surface area contributed by atoms with Crippen LogP contribution in [0.3, 0.4) is 0 Å². The van der Waals surface area contributed by atoms with Gasteiger partial charge in [-0.05, 0) is 13.0 Å². The van der Waals surface area contributed by atoms with E-state index in [9.17, 15) is 10.1 Å². The van der Waals surface area contributed by atoms with Crippen LogP contribution in [0, 0.1) is 10.1 Å². The molecule has 17 heavy (non-hydrogen) atoms. The molecule has 2 rings (SSSR count). The van der Waals surface area contributed by atoms with E-state index in [0.717, 1.165) is 0 Å². The first-order valence-corrected chi connectivity index (χ1v) is 4.90. The molecule has 0 aliphatic carbocycles. The Morgan fingerprint density at radius 3 is 2.65 bits per heavy atom. The van der Waals surface area contributed by atoms with E-state index in [0.29, 0.717) is 12.4 Å². The van der Waals surface area contributed by atoms with Crippen molar-refractivity contribution in [2.45, 2.75) is 6.92 Å². The topological polar surface area (TPSA) is 91.3 Å². The standard InChI is InChI=1S/C10H9N3O4/c1-2-16-7-5-11-10(12-6-7)8-3-4-9(17-8)13(14)15/h3-6H,2H2,1H3. The Morgan fingerprint density at radius 1 is 1.41 bits per heavy atom. The Morgan fingerprint density at radius 2 is 2.12 bits per heavy atom. The van der Waals surface area contributed by atoms with Gasteiger partial charge in [-0.15, -0.1) is 0 Å². The summed E-state index contributed by atoms with van der Waals surface area (Å²) in [5.41, 5.74) is 0. The molecule has 0 saturated heterocycles. The number of furan rings is 1. The maximum atomic E-state index is 10.4. The summed E-state index contributed by atoms with van der Waals surface area (Å²) in [7, 11) is 0. The SMILES string of the molecule is CCOc1cnc(-c2ccc([N+](=O)[O-])o2)nc1. The Bertz CT molecular complexity index is 521. The summed E-state index contributed by atoms with van der Waals surface area (Å²) in [5, 5.41) is 10.4. The molecular formula is C10H9N3O4. The van der Waals surface area contributed by atoms with E-state index in [-0.39, 0.29) is 17.5 Å². The molecule has 0 unspecified atom stereocenters. The second kappa shape index (κ2) is 4.60. The lowest BCUT2D eigenvalue weighted by Gasteiger charge is -2.01. The minimum Gasteiger partial charge on any atom is -0.491 e. The Hall–Kier alpha value is -2.44. The van der Waals surface area contributed by atoms with Gasteiger partial charge in [0.2, 0.25) is 0 Å². The minimum atomic E-state index is -0.613. The Balaban J connectivity index is 2.23. The molecule has 0 fully saturated rings. The Kier molecular flexibility index (Phi) is 2.99. The van der Waals surface area contributed by atoms with Crippen molar-refractivity contribution in [1.29, 1.82) is 0 Å². The van der Waals surface area contributed by atoms with Gasteiger partial charge in [0.25, 0.3) is 0 Å². The van der Waals surface area contributed by atoms with Gasteiger partial charge in [-0.3, -0.25) is 10.1 Å². The molecule has 7 nitrogen and oxygen atoms in total. The molecule has 0 aromatic carbocycles. The third kappa shape index (κ3) is 2.39. The van der Waals surface area contributed by atoms with Crippen molar-refractivity contribution in [1.82, 2.24) is 9.97 Å². The second-order valence-corrected chi connectivity index (χ2v) is 3.07. The van der Waals surface area contributed by atoms with Crippen LogP contribution in [-0.4, -0.2) is 21.5 Å². The summed E-state index contributed by atoms with van der Waals surface area (Å²) in [6.45, 7) is 2.37. The molecule has 2 heterocycles. The summed E-state index contributed by atoms with van der Waals surface area (Å²) in [6.07, 6.45) is 2.97. The van der Waals surface area contributed by atoms with E-state index in [1.165, 1.54) is 24.5 Å². The van der Waals surface area contributed by atoms with Gasteiger partial charge in [-0.25, -0.2) is 9.97 Å². The molecular weight excluding hydrogens is 226 g/mol. The first-order chi connectivity index (χ1) is 8.20. The van der Waals surface area contributed by atoms with Crippen LogP contribution in [0.2, 0.25) is 0 Å². The number of nitrogens with zero attached hydrogens (tertiary/aromatic N) is 3. The van der Waals surface area contributed by atoms with Crippen molar-refractivity contribution in [3.05, 3.63) is 34.6 Å². The lowest BCUT2D eigenvalue weighted by molar-refractivity contribution is -0.401. The van der Waals surface area contributed by atoms with Crippen molar-refractivity contribution in [2.75, 3.05) is 6.61 Å². The molecule has 0 N–H and O–H groups in total. The number of hydrogen-bond donors (Lipinski definition) is 0. The van der Waals surface area contributed by atoms with Crippen molar-refractivity contribution in [2.24, 2.45) is 0 Å². The first kappa shape index (κ1) is 11.1. The number of nitro groups is 1. The monoisotopic (exact) mass is 235 g/mol. The number of aromatic nitrogens is 2. The maximum absolute atomic E-state index is 10.4. The largest absolute Gasteiger partial charge is 0.491 e. The van der Waals surface area contributed by atoms with E-state index < -0.39 is 4.92 Å². The smallest absolute Gasteiger partial charge is 0.433 e. The average molecular weight is 235 g/mol. The summed E-state index contributed by atoms with van der Waals surface area (Å²) < 4.78 is 10.1. The molecule has 88 valence electrons. The third-order valence-electron chi connectivity index (χ3n) is 1.93. The van der Waals surface area contributed by atoms with Crippen LogP contribution in [0.1, 0.15) is 6.92 Å². The number of ether oxygens (including phenoxy) is 1. The van der Waals surface area contributed by atoms with Crippen molar-refractivity contribution in [3.8, 4) is 17.3 Å². The van der Waals surface area contributed by atoms with Gasteiger partial charge in [0, 0.05) is 0 Å². The van der Waals surface area contributed by atoms with Crippen LogP contribution >= 0.6 is 0 Å². The molecule has 0 radical (unpaired) electrons. The second-order valence-electron chi connectivity index (χ2n) is 3.07. The highest BCUT2D eigenvalue weighted by Crippen LogP contribution is 2.23. The third-order valence-corrected chi connectivity index (χ3v) is 1.93. The number of rotatable bonds is 4. The predicted octanol–water partition coefficient (Wildman–Crippen LogP) is 2.04. The van der Waals surface area contributed by atoms with Crippen LogP contribution in [0.4, 0.5) is 5.88 Å². The Labute approximate surface area is 96.2 Å². The molecule has 0 bridgehead atoms. The molecule has 0 saturated carbocycles. The zero-order valence-electron chi connectivity index (χ0n) is 8.99. The molecule has 0 aliphatic rings. The van der Waals surface area contributed by atoms with Crippen molar-refractivity contribution >= 4 is 5.88 Å². The van der Waals surface area contributed by atoms with Gasteiger partial charge in [0.1, 0.15) is 4.92 Å². The van der Waals surface area contributed by atoms with Crippen molar-refractivity contribution in [3.63, 3.8) is 0 Å².